The Labute approximate surface area is 73.4 Å². The summed E-state index contributed by atoms with van der Waals surface area (Å²) >= 11 is 0. The maximum atomic E-state index is 10.5. The quantitative estimate of drug-likeness (QED) is 0.696. The minimum atomic E-state index is -0.706. The fraction of sp³-hybridized carbons (Fsp3) is 0.889. The molecule has 0 aliphatic carbocycles. The van der Waals surface area contributed by atoms with E-state index in [1.54, 1.807) is 0 Å². The fourth-order valence-corrected chi connectivity index (χ4v) is 2.00. The lowest BCUT2D eigenvalue weighted by Crippen LogP contribution is -2.38. The van der Waals surface area contributed by atoms with Gasteiger partial charge >= 0.3 is 5.97 Å². The molecule has 1 aliphatic heterocycles. The summed E-state index contributed by atoms with van der Waals surface area (Å²) in [5.74, 6) is -0.706. The second-order valence-corrected chi connectivity index (χ2v) is 3.55. The average molecular weight is 171 g/mol. The summed E-state index contributed by atoms with van der Waals surface area (Å²) < 4.78 is 0. The summed E-state index contributed by atoms with van der Waals surface area (Å²) in [4.78, 5) is 12.6. The summed E-state index contributed by atoms with van der Waals surface area (Å²) in [6.07, 6.45) is 3.37. The second kappa shape index (κ2) is 3.90. The first-order valence-electron chi connectivity index (χ1n) is 4.62. The van der Waals surface area contributed by atoms with Gasteiger partial charge in [-0.05, 0) is 26.2 Å². The number of hydrogen-bond donors (Lipinski definition) is 1. The smallest absolute Gasteiger partial charge is 0.317 e. The minimum Gasteiger partial charge on any atom is -0.480 e. The predicted molar refractivity (Wildman–Crippen MR) is 47.1 cm³/mol. The zero-order chi connectivity index (χ0) is 9.14. The van der Waals surface area contributed by atoms with Gasteiger partial charge in [-0.2, -0.15) is 0 Å². The van der Waals surface area contributed by atoms with Crippen molar-refractivity contribution in [3.8, 4) is 0 Å². The number of aliphatic carboxylic acids is 1. The predicted octanol–water partition coefficient (Wildman–Crippen LogP) is 1.33. The Morgan fingerprint density at radius 2 is 2.25 bits per heavy atom. The van der Waals surface area contributed by atoms with Crippen molar-refractivity contribution in [2.45, 2.75) is 45.2 Å². The fourth-order valence-electron chi connectivity index (χ4n) is 2.00. The largest absolute Gasteiger partial charge is 0.480 e. The van der Waals surface area contributed by atoms with Gasteiger partial charge in [-0.15, -0.1) is 0 Å². The molecule has 1 saturated heterocycles. The maximum absolute atomic E-state index is 10.5. The van der Waals surface area contributed by atoms with Crippen molar-refractivity contribution < 1.29 is 9.90 Å². The molecule has 1 rings (SSSR count). The van der Waals surface area contributed by atoms with E-state index in [0.717, 1.165) is 19.3 Å². The molecule has 0 radical (unpaired) electrons. The van der Waals surface area contributed by atoms with Gasteiger partial charge in [-0.3, -0.25) is 9.69 Å². The Morgan fingerprint density at radius 3 is 2.75 bits per heavy atom. The standard InChI is InChI=1S/C9H17NO2/c1-3-8-5-4-7(2)10(8)6-9(11)12/h7-8H,3-6H2,1-2H3,(H,11,12). The molecule has 2 unspecified atom stereocenters. The molecule has 1 N–H and O–H groups in total. The third-order valence-corrected chi connectivity index (χ3v) is 2.74. The van der Waals surface area contributed by atoms with Gasteiger partial charge in [0, 0.05) is 12.1 Å². The van der Waals surface area contributed by atoms with E-state index in [1.165, 1.54) is 0 Å². The summed E-state index contributed by atoms with van der Waals surface area (Å²) in [5, 5.41) is 8.66. The molecule has 3 nitrogen and oxygen atoms in total. The molecule has 0 aromatic carbocycles. The van der Waals surface area contributed by atoms with E-state index in [9.17, 15) is 4.79 Å². The van der Waals surface area contributed by atoms with Gasteiger partial charge in [0.2, 0.25) is 0 Å². The summed E-state index contributed by atoms with van der Waals surface area (Å²) in [6.45, 7) is 4.44. The van der Waals surface area contributed by atoms with Gasteiger partial charge in [0.15, 0.2) is 0 Å². The molecule has 3 heteroatoms. The molecule has 0 saturated carbocycles. The van der Waals surface area contributed by atoms with Crippen LogP contribution < -0.4 is 0 Å². The van der Waals surface area contributed by atoms with E-state index in [2.05, 4.69) is 18.7 Å². The molecule has 0 aromatic rings. The number of carbonyl (C=O) groups is 1. The number of carboxylic acids is 1. The Hall–Kier alpha value is -0.570. The molecule has 1 aliphatic rings. The van der Waals surface area contributed by atoms with Crippen LogP contribution >= 0.6 is 0 Å². The SMILES string of the molecule is CCC1CCC(C)N1CC(=O)O. The van der Waals surface area contributed by atoms with Crippen molar-refractivity contribution in [1.82, 2.24) is 4.90 Å². The molecule has 1 fully saturated rings. The van der Waals surface area contributed by atoms with E-state index >= 15 is 0 Å². The van der Waals surface area contributed by atoms with Gasteiger partial charge in [0.25, 0.3) is 0 Å². The maximum Gasteiger partial charge on any atom is 0.317 e. The number of rotatable bonds is 3. The van der Waals surface area contributed by atoms with Crippen molar-refractivity contribution >= 4 is 5.97 Å². The van der Waals surface area contributed by atoms with Crippen LogP contribution in [0, 0.1) is 0 Å². The number of nitrogens with zero attached hydrogens (tertiary/aromatic N) is 1. The molecule has 0 aromatic heterocycles. The van der Waals surface area contributed by atoms with Crippen molar-refractivity contribution in [3.63, 3.8) is 0 Å². The topological polar surface area (TPSA) is 40.5 Å². The molecule has 0 spiro atoms. The van der Waals surface area contributed by atoms with Crippen LogP contribution in [0.3, 0.4) is 0 Å². The van der Waals surface area contributed by atoms with Crippen LogP contribution in [-0.2, 0) is 4.79 Å². The highest BCUT2D eigenvalue weighted by Gasteiger charge is 2.30. The zero-order valence-electron chi connectivity index (χ0n) is 7.79. The second-order valence-electron chi connectivity index (χ2n) is 3.55. The molecule has 12 heavy (non-hydrogen) atoms. The molecule has 70 valence electrons. The monoisotopic (exact) mass is 171 g/mol. The molecule has 0 bridgehead atoms. The lowest BCUT2D eigenvalue weighted by Gasteiger charge is -2.25. The third-order valence-electron chi connectivity index (χ3n) is 2.74. The first kappa shape index (κ1) is 9.52. The van der Waals surface area contributed by atoms with Crippen molar-refractivity contribution in [2.24, 2.45) is 0 Å². The van der Waals surface area contributed by atoms with Gasteiger partial charge in [-0.1, -0.05) is 6.92 Å². The van der Waals surface area contributed by atoms with Crippen LogP contribution in [0.1, 0.15) is 33.1 Å². The van der Waals surface area contributed by atoms with E-state index in [0.29, 0.717) is 12.1 Å². The zero-order valence-corrected chi connectivity index (χ0v) is 7.79. The van der Waals surface area contributed by atoms with Gasteiger partial charge in [-0.25, -0.2) is 0 Å². The van der Waals surface area contributed by atoms with E-state index in [1.807, 2.05) is 0 Å². The van der Waals surface area contributed by atoms with E-state index < -0.39 is 5.97 Å². The molecular formula is C9H17NO2. The number of likely N-dealkylation sites (tertiary alicyclic amines) is 1. The highest BCUT2D eigenvalue weighted by molar-refractivity contribution is 5.69. The number of hydrogen-bond acceptors (Lipinski definition) is 2. The third kappa shape index (κ3) is 1.97. The van der Waals surface area contributed by atoms with Crippen LogP contribution in [0.4, 0.5) is 0 Å². The average Bonchev–Trinajstić information content (AvgIpc) is 2.32. The van der Waals surface area contributed by atoms with Gasteiger partial charge in [0.05, 0.1) is 6.54 Å². The summed E-state index contributed by atoms with van der Waals surface area (Å²) in [5.41, 5.74) is 0. The molecular weight excluding hydrogens is 154 g/mol. The van der Waals surface area contributed by atoms with Crippen LogP contribution in [0.5, 0.6) is 0 Å². The summed E-state index contributed by atoms with van der Waals surface area (Å²) in [6, 6.07) is 0.946. The van der Waals surface area contributed by atoms with Crippen LogP contribution in [0.2, 0.25) is 0 Å². The summed E-state index contributed by atoms with van der Waals surface area (Å²) in [7, 11) is 0. The highest BCUT2D eigenvalue weighted by Crippen LogP contribution is 2.25. The minimum absolute atomic E-state index is 0.208. The molecule has 0 amide bonds. The Balaban J connectivity index is 2.51. The molecule has 2 atom stereocenters. The Morgan fingerprint density at radius 1 is 1.58 bits per heavy atom. The Bertz CT molecular complexity index is 170. The first-order valence-corrected chi connectivity index (χ1v) is 4.62. The highest BCUT2D eigenvalue weighted by atomic mass is 16.4. The van der Waals surface area contributed by atoms with Crippen LogP contribution in [0.25, 0.3) is 0 Å². The van der Waals surface area contributed by atoms with Crippen molar-refractivity contribution in [3.05, 3.63) is 0 Å². The van der Waals surface area contributed by atoms with Crippen molar-refractivity contribution in [1.29, 1.82) is 0 Å². The van der Waals surface area contributed by atoms with Gasteiger partial charge < -0.3 is 5.11 Å². The number of carboxylic acid groups (broad SMARTS) is 1. The molecule has 1 heterocycles. The van der Waals surface area contributed by atoms with Crippen molar-refractivity contribution in [2.75, 3.05) is 6.54 Å². The van der Waals surface area contributed by atoms with Crippen LogP contribution in [0.15, 0.2) is 0 Å². The first-order chi connectivity index (χ1) is 5.65. The lowest BCUT2D eigenvalue weighted by atomic mass is 10.1. The Kier molecular flexibility index (Phi) is 3.09. The normalized spacial score (nSPS) is 30.8. The van der Waals surface area contributed by atoms with Gasteiger partial charge in [0.1, 0.15) is 0 Å². The lowest BCUT2D eigenvalue weighted by molar-refractivity contribution is -0.139. The van der Waals surface area contributed by atoms with E-state index in [-0.39, 0.29) is 6.54 Å². The van der Waals surface area contributed by atoms with E-state index in [4.69, 9.17) is 5.11 Å². The van der Waals surface area contributed by atoms with Crippen LogP contribution in [-0.4, -0.2) is 34.6 Å².